The number of amides is 2. The Kier molecular flexibility index (Phi) is 11.9. The fourth-order valence-corrected chi connectivity index (χ4v) is 6.00. The van der Waals surface area contributed by atoms with Crippen LogP contribution in [0.1, 0.15) is 84.6 Å². The van der Waals surface area contributed by atoms with E-state index in [0.717, 1.165) is 5.56 Å². The standard InChI is InChI=1S/C34H46N2O9.2H2/c1-6-45-29-10-7-22(17-23(29)18-35-32(43)36-33(3,4)5)25-8-9-27(40)31-26(25)15-21(16-28(31)41)14-24(11-12-37)34(44,19-38)30(42)13-20(2)39;;/h7-10,17,21,24,37-38,40,44H,6,11-16,18-19H2,1-5H3,(H2,35,36,43);2*1H/t21?,24?,34-;;/m1../s1. The normalized spacial score (nSPS) is 16.7. The maximum Gasteiger partial charge on any atom is 0.315 e. The van der Waals surface area contributed by atoms with Gasteiger partial charge in [0, 0.05) is 33.5 Å². The van der Waals surface area contributed by atoms with Crippen LogP contribution in [-0.4, -0.2) is 74.8 Å². The minimum absolute atomic E-state index is 0. The van der Waals surface area contributed by atoms with Gasteiger partial charge < -0.3 is 35.8 Å². The van der Waals surface area contributed by atoms with Gasteiger partial charge in [0.05, 0.1) is 25.2 Å². The number of Topliss-reactive ketones (excluding diaryl/α,β-unsaturated/α-hetero) is 3. The molecule has 11 nitrogen and oxygen atoms in total. The summed E-state index contributed by atoms with van der Waals surface area (Å²) in [6.07, 6.45) is -0.137. The lowest BCUT2D eigenvalue weighted by Crippen LogP contribution is -2.51. The molecule has 0 aliphatic heterocycles. The van der Waals surface area contributed by atoms with Crippen LogP contribution < -0.4 is 15.4 Å². The number of aliphatic hydroxyl groups is 3. The highest BCUT2D eigenvalue weighted by Gasteiger charge is 2.44. The highest BCUT2D eigenvalue weighted by Crippen LogP contribution is 2.42. The van der Waals surface area contributed by atoms with E-state index >= 15 is 0 Å². The SMILES string of the molecule is CCOc1ccc(-c2ccc(O)c3c2CC(CC(CCO)[C@](O)(CO)C(=O)CC(C)=O)CC3=O)cc1CNC(=O)NC(C)(C)C.[HH].[HH]. The highest BCUT2D eigenvalue weighted by molar-refractivity contribution is 6.03. The number of carbonyl (C=O) groups is 4. The van der Waals surface area contributed by atoms with Gasteiger partial charge in [0.2, 0.25) is 0 Å². The second-order valence-electron chi connectivity index (χ2n) is 12.8. The maximum atomic E-state index is 13.4. The molecular weight excluding hydrogens is 580 g/mol. The fourth-order valence-electron chi connectivity index (χ4n) is 6.00. The average molecular weight is 631 g/mol. The van der Waals surface area contributed by atoms with E-state index in [2.05, 4.69) is 10.6 Å². The van der Waals surface area contributed by atoms with Crippen molar-refractivity contribution in [3.8, 4) is 22.6 Å². The van der Waals surface area contributed by atoms with Gasteiger partial charge in [0.25, 0.3) is 0 Å². The molecule has 0 fully saturated rings. The van der Waals surface area contributed by atoms with E-state index in [1.807, 2.05) is 39.8 Å². The van der Waals surface area contributed by atoms with Crippen molar-refractivity contribution < 1.29 is 47.2 Å². The highest BCUT2D eigenvalue weighted by atomic mass is 16.5. The molecule has 11 heteroatoms. The van der Waals surface area contributed by atoms with Crippen molar-refractivity contribution in [3.05, 3.63) is 47.0 Å². The number of nitrogens with one attached hydrogen (secondary N) is 2. The topological polar surface area (TPSA) is 182 Å². The number of phenols is 1. The Morgan fingerprint density at radius 2 is 1.82 bits per heavy atom. The molecule has 0 saturated heterocycles. The Morgan fingerprint density at radius 1 is 1.11 bits per heavy atom. The minimum atomic E-state index is -2.25. The smallest absolute Gasteiger partial charge is 0.315 e. The van der Waals surface area contributed by atoms with Crippen LogP contribution in [0.3, 0.4) is 0 Å². The Hall–Kier alpha value is -3.80. The average Bonchev–Trinajstić information content (AvgIpc) is 2.95. The third kappa shape index (κ3) is 8.90. The molecule has 2 aromatic rings. The number of aromatic hydroxyl groups is 1. The first kappa shape index (κ1) is 35.7. The zero-order chi connectivity index (χ0) is 33.5. The molecule has 2 amide bonds. The molecule has 45 heavy (non-hydrogen) atoms. The molecule has 0 saturated carbocycles. The molecular formula is C34H50N2O9. The van der Waals surface area contributed by atoms with Crippen LogP contribution in [0.4, 0.5) is 4.79 Å². The molecule has 0 spiro atoms. The van der Waals surface area contributed by atoms with Gasteiger partial charge >= 0.3 is 6.03 Å². The van der Waals surface area contributed by atoms with Gasteiger partial charge in [-0.25, -0.2) is 4.79 Å². The predicted molar refractivity (Wildman–Crippen MR) is 172 cm³/mol. The summed E-state index contributed by atoms with van der Waals surface area (Å²) in [5.74, 6) is -2.47. The number of ether oxygens (including phenoxy) is 1. The summed E-state index contributed by atoms with van der Waals surface area (Å²) < 4.78 is 5.80. The van der Waals surface area contributed by atoms with E-state index < -0.39 is 47.6 Å². The van der Waals surface area contributed by atoms with Crippen molar-refractivity contribution in [1.82, 2.24) is 10.6 Å². The lowest BCUT2D eigenvalue weighted by atomic mass is 9.71. The molecule has 250 valence electrons. The van der Waals surface area contributed by atoms with Crippen LogP contribution in [0.25, 0.3) is 11.1 Å². The van der Waals surface area contributed by atoms with Crippen LogP contribution in [0.2, 0.25) is 0 Å². The Labute approximate surface area is 267 Å². The van der Waals surface area contributed by atoms with Gasteiger partial charge in [-0.05, 0) is 101 Å². The van der Waals surface area contributed by atoms with Gasteiger partial charge in [-0.1, -0.05) is 12.1 Å². The molecule has 3 rings (SSSR count). The van der Waals surface area contributed by atoms with Crippen molar-refractivity contribution in [3.63, 3.8) is 0 Å². The summed E-state index contributed by atoms with van der Waals surface area (Å²) in [5.41, 5.74) is 0.238. The van der Waals surface area contributed by atoms with Gasteiger partial charge in [-0.3, -0.25) is 14.4 Å². The maximum absolute atomic E-state index is 13.4. The number of fused-ring (bicyclic) bond motifs is 1. The molecule has 6 N–H and O–H groups in total. The summed E-state index contributed by atoms with van der Waals surface area (Å²) in [6.45, 7) is 7.98. The summed E-state index contributed by atoms with van der Waals surface area (Å²) in [4.78, 5) is 50.3. The number of phenolic OH excluding ortho intramolecular Hbond substituents is 1. The van der Waals surface area contributed by atoms with Crippen molar-refractivity contribution in [2.45, 2.75) is 84.4 Å². The monoisotopic (exact) mass is 630 g/mol. The Balaban J connectivity index is 0.00000552. The third-order valence-electron chi connectivity index (χ3n) is 8.04. The van der Waals surface area contributed by atoms with Crippen molar-refractivity contribution in [2.24, 2.45) is 11.8 Å². The molecule has 0 radical (unpaired) electrons. The first-order valence-corrected chi connectivity index (χ1v) is 15.3. The largest absolute Gasteiger partial charge is 0.507 e. The summed E-state index contributed by atoms with van der Waals surface area (Å²) in [7, 11) is 0. The molecule has 1 aliphatic rings. The summed E-state index contributed by atoms with van der Waals surface area (Å²) in [6, 6.07) is 8.34. The van der Waals surface area contributed by atoms with Gasteiger partial charge in [0.15, 0.2) is 11.6 Å². The van der Waals surface area contributed by atoms with Crippen LogP contribution in [0, 0.1) is 11.8 Å². The van der Waals surface area contributed by atoms with Crippen molar-refractivity contribution in [2.75, 3.05) is 19.8 Å². The molecule has 3 atom stereocenters. The molecule has 2 aromatic carbocycles. The number of hydrogen-bond acceptors (Lipinski definition) is 9. The first-order chi connectivity index (χ1) is 21.1. The van der Waals surface area contributed by atoms with Gasteiger partial charge in [-0.15, -0.1) is 0 Å². The van der Waals surface area contributed by atoms with Crippen LogP contribution in [0.5, 0.6) is 11.5 Å². The predicted octanol–water partition coefficient (Wildman–Crippen LogP) is 3.95. The zero-order valence-corrected chi connectivity index (χ0v) is 26.7. The number of aliphatic hydroxyl groups excluding tert-OH is 2. The van der Waals surface area contributed by atoms with E-state index in [4.69, 9.17) is 4.74 Å². The minimum Gasteiger partial charge on any atom is -0.507 e. The second-order valence-corrected chi connectivity index (χ2v) is 12.8. The summed E-state index contributed by atoms with van der Waals surface area (Å²) in [5, 5.41) is 47.4. The zero-order valence-electron chi connectivity index (χ0n) is 26.7. The van der Waals surface area contributed by atoms with Crippen LogP contribution >= 0.6 is 0 Å². The number of carbonyl (C=O) groups excluding carboxylic acids is 4. The van der Waals surface area contributed by atoms with E-state index in [1.54, 1.807) is 12.1 Å². The Bertz CT molecular complexity index is 1430. The molecule has 0 aromatic heterocycles. The van der Waals surface area contributed by atoms with Crippen LogP contribution in [0.15, 0.2) is 30.3 Å². The van der Waals surface area contributed by atoms with Gasteiger partial charge in [0.1, 0.15) is 22.9 Å². The quantitative estimate of drug-likeness (QED) is 0.168. The van der Waals surface area contributed by atoms with Crippen molar-refractivity contribution in [1.29, 1.82) is 0 Å². The van der Waals surface area contributed by atoms with E-state index in [-0.39, 0.29) is 58.4 Å². The number of ketones is 3. The number of benzene rings is 2. The number of urea groups is 1. The van der Waals surface area contributed by atoms with Crippen LogP contribution in [-0.2, 0) is 22.6 Å². The van der Waals surface area contributed by atoms with E-state index in [0.29, 0.717) is 35.5 Å². The number of rotatable bonds is 14. The Morgan fingerprint density at radius 3 is 2.42 bits per heavy atom. The number of hydrogen-bond donors (Lipinski definition) is 6. The molecule has 2 unspecified atom stereocenters. The molecule has 0 heterocycles. The van der Waals surface area contributed by atoms with Crippen molar-refractivity contribution >= 4 is 23.4 Å². The first-order valence-electron chi connectivity index (χ1n) is 15.3. The molecule has 0 bridgehead atoms. The fraction of sp³-hybridized carbons (Fsp3) is 0.529. The van der Waals surface area contributed by atoms with E-state index in [1.165, 1.54) is 13.0 Å². The second kappa shape index (κ2) is 15.0. The van der Waals surface area contributed by atoms with E-state index in [9.17, 15) is 39.6 Å². The third-order valence-corrected chi connectivity index (χ3v) is 8.04. The lowest BCUT2D eigenvalue weighted by Gasteiger charge is -2.36. The lowest BCUT2D eigenvalue weighted by molar-refractivity contribution is -0.152. The van der Waals surface area contributed by atoms with Gasteiger partial charge in [-0.2, -0.15) is 0 Å². The summed E-state index contributed by atoms with van der Waals surface area (Å²) >= 11 is 0. The molecule has 1 aliphatic carbocycles.